The van der Waals surface area contributed by atoms with Gasteiger partial charge >= 0.3 is 0 Å². The molecule has 1 aliphatic carbocycles. The maximum atomic E-state index is 12.6. The van der Waals surface area contributed by atoms with Crippen LogP contribution in [0.2, 0.25) is 0 Å². The van der Waals surface area contributed by atoms with E-state index in [1.54, 1.807) is 24.3 Å². The van der Waals surface area contributed by atoms with Gasteiger partial charge in [0.25, 0.3) is 0 Å². The summed E-state index contributed by atoms with van der Waals surface area (Å²) in [6.07, 6.45) is 3.49. The number of anilines is 1. The number of carbonyl (C=O) groups excluding carboxylic acids is 3. The Labute approximate surface area is 141 Å². The monoisotopic (exact) mass is 330 g/mol. The fourth-order valence-electron chi connectivity index (χ4n) is 3.71. The summed E-state index contributed by atoms with van der Waals surface area (Å²) in [4.78, 5) is 40.1. The van der Waals surface area contributed by atoms with E-state index in [2.05, 4.69) is 0 Å². The number of amides is 3. The Morgan fingerprint density at radius 1 is 1.17 bits per heavy atom. The van der Waals surface area contributed by atoms with E-state index in [4.69, 9.17) is 4.74 Å². The maximum Gasteiger partial charge on any atom is 0.234 e. The van der Waals surface area contributed by atoms with Crippen LogP contribution < -0.4 is 9.64 Å². The van der Waals surface area contributed by atoms with Crippen molar-refractivity contribution < 1.29 is 19.1 Å². The van der Waals surface area contributed by atoms with Gasteiger partial charge in [0.2, 0.25) is 17.7 Å². The van der Waals surface area contributed by atoms with Crippen molar-refractivity contribution in [3.05, 3.63) is 24.3 Å². The SMILES string of the molecule is COc1ccccc1N(CN1C(=O)[C@H]2CCCC[C@@H]2C1=O)C(C)=O. The van der Waals surface area contributed by atoms with Crippen molar-refractivity contribution in [3.63, 3.8) is 0 Å². The maximum absolute atomic E-state index is 12.6. The Kier molecular flexibility index (Phi) is 4.55. The van der Waals surface area contributed by atoms with Crippen LogP contribution in [0.15, 0.2) is 24.3 Å². The van der Waals surface area contributed by atoms with Crippen molar-refractivity contribution in [2.75, 3.05) is 18.7 Å². The molecular formula is C18H22N2O4. The van der Waals surface area contributed by atoms with E-state index < -0.39 is 0 Å². The molecule has 1 aliphatic heterocycles. The number of ether oxygens (including phenoxy) is 1. The number of likely N-dealkylation sites (tertiary alicyclic amines) is 1. The van der Waals surface area contributed by atoms with E-state index in [0.29, 0.717) is 11.4 Å². The largest absolute Gasteiger partial charge is 0.495 e. The summed E-state index contributed by atoms with van der Waals surface area (Å²) in [5.74, 6) is -0.425. The summed E-state index contributed by atoms with van der Waals surface area (Å²) in [6.45, 7) is 1.37. The van der Waals surface area contributed by atoms with Crippen LogP contribution in [0.3, 0.4) is 0 Å². The van der Waals surface area contributed by atoms with Crippen LogP contribution in [-0.2, 0) is 14.4 Å². The van der Waals surface area contributed by atoms with Gasteiger partial charge in [-0.1, -0.05) is 25.0 Å². The molecule has 0 N–H and O–H groups in total. The summed E-state index contributed by atoms with van der Waals surface area (Å²) < 4.78 is 5.31. The number of nitrogens with zero attached hydrogens (tertiary/aromatic N) is 2. The van der Waals surface area contributed by atoms with Gasteiger partial charge < -0.3 is 4.74 Å². The van der Waals surface area contributed by atoms with Crippen LogP contribution in [0.4, 0.5) is 5.69 Å². The van der Waals surface area contributed by atoms with Gasteiger partial charge in [0, 0.05) is 6.92 Å². The first-order valence-electron chi connectivity index (χ1n) is 8.31. The van der Waals surface area contributed by atoms with Gasteiger partial charge in [-0.3, -0.25) is 24.2 Å². The number of hydrogen-bond donors (Lipinski definition) is 0. The molecule has 1 heterocycles. The van der Waals surface area contributed by atoms with Crippen molar-refractivity contribution in [1.29, 1.82) is 0 Å². The first-order valence-corrected chi connectivity index (χ1v) is 8.31. The first kappa shape index (κ1) is 16.5. The van der Waals surface area contributed by atoms with Crippen LogP contribution in [0.5, 0.6) is 5.75 Å². The minimum absolute atomic E-state index is 0.0552. The standard InChI is InChI=1S/C18H22N2O4/c1-12(21)19(15-9-5-6-10-16(15)24-2)11-20-17(22)13-7-3-4-8-14(13)18(20)23/h5-6,9-10,13-14H,3-4,7-8,11H2,1-2H3/t13-,14-/m0/s1. The highest BCUT2D eigenvalue weighted by Gasteiger charge is 2.48. The molecule has 3 rings (SSSR count). The number of benzene rings is 1. The number of rotatable bonds is 4. The molecule has 0 unspecified atom stereocenters. The van der Waals surface area contributed by atoms with Crippen LogP contribution in [-0.4, -0.2) is 36.4 Å². The number of fused-ring (bicyclic) bond motifs is 1. The summed E-state index contributed by atoms with van der Waals surface area (Å²) in [6, 6.07) is 7.10. The number of hydrogen-bond acceptors (Lipinski definition) is 4. The lowest BCUT2D eigenvalue weighted by Crippen LogP contribution is -2.44. The first-order chi connectivity index (χ1) is 11.5. The zero-order valence-electron chi connectivity index (χ0n) is 14.0. The van der Waals surface area contributed by atoms with Crippen molar-refractivity contribution in [2.24, 2.45) is 11.8 Å². The zero-order chi connectivity index (χ0) is 17.3. The molecule has 1 saturated carbocycles. The summed E-state index contributed by atoms with van der Waals surface area (Å²) in [7, 11) is 1.53. The van der Waals surface area contributed by atoms with Gasteiger partial charge in [0.15, 0.2) is 0 Å². The van der Waals surface area contributed by atoms with Crippen LogP contribution in [0.1, 0.15) is 32.6 Å². The molecule has 2 aliphatic rings. The van der Waals surface area contributed by atoms with Gasteiger partial charge in [-0.25, -0.2) is 0 Å². The van der Waals surface area contributed by atoms with Crippen molar-refractivity contribution in [2.45, 2.75) is 32.6 Å². The molecule has 2 atom stereocenters. The zero-order valence-corrected chi connectivity index (χ0v) is 14.0. The Morgan fingerprint density at radius 3 is 2.29 bits per heavy atom. The number of para-hydroxylation sites is 2. The third kappa shape index (κ3) is 2.77. The van der Waals surface area contributed by atoms with E-state index in [0.717, 1.165) is 25.7 Å². The molecular weight excluding hydrogens is 308 g/mol. The normalized spacial score (nSPS) is 23.2. The predicted octanol–water partition coefficient (Wildman–Crippen LogP) is 2.18. The molecule has 2 fully saturated rings. The molecule has 1 aromatic carbocycles. The molecule has 0 radical (unpaired) electrons. The second-order valence-corrected chi connectivity index (χ2v) is 6.36. The minimum atomic E-state index is -0.241. The van der Waals surface area contributed by atoms with Crippen molar-refractivity contribution in [1.82, 2.24) is 4.90 Å². The van der Waals surface area contributed by atoms with Gasteiger partial charge in [-0.15, -0.1) is 0 Å². The smallest absolute Gasteiger partial charge is 0.234 e. The Morgan fingerprint density at radius 2 is 1.75 bits per heavy atom. The predicted molar refractivity (Wildman–Crippen MR) is 88.3 cm³/mol. The quantitative estimate of drug-likeness (QED) is 0.794. The molecule has 0 spiro atoms. The highest BCUT2D eigenvalue weighted by molar-refractivity contribution is 6.06. The third-order valence-electron chi connectivity index (χ3n) is 4.97. The third-order valence-corrected chi connectivity index (χ3v) is 4.97. The number of carbonyl (C=O) groups is 3. The van der Waals surface area contributed by atoms with E-state index in [9.17, 15) is 14.4 Å². The molecule has 0 aromatic heterocycles. The number of imide groups is 1. The summed E-state index contributed by atoms with van der Waals surface area (Å²) in [5.41, 5.74) is 0.558. The molecule has 128 valence electrons. The lowest BCUT2D eigenvalue weighted by molar-refractivity contribution is -0.140. The molecule has 1 saturated heterocycles. The van der Waals surface area contributed by atoms with Crippen molar-refractivity contribution in [3.8, 4) is 5.75 Å². The Bertz CT molecular complexity index is 649. The minimum Gasteiger partial charge on any atom is -0.495 e. The van der Waals surface area contributed by atoms with Gasteiger partial charge in [0.05, 0.1) is 24.6 Å². The molecule has 6 heteroatoms. The molecule has 3 amide bonds. The van der Waals surface area contributed by atoms with E-state index in [1.807, 2.05) is 0 Å². The molecule has 6 nitrogen and oxygen atoms in total. The lowest BCUT2D eigenvalue weighted by atomic mass is 9.81. The molecule has 24 heavy (non-hydrogen) atoms. The highest BCUT2D eigenvalue weighted by Crippen LogP contribution is 2.38. The van der Waals surface area contributed by atoms with Gasteiger partial charge in [-0.05, 0) is 25.0 Å². The number of methoxy groups -OCH3 is 1. The molecule has 0 bridgehead atoms. The van der Waals surface area contributed by atoms with Crippen LogP contribution in [0.25, 0.3) is 0 Å². The summed E-state index contributed by atoms with van der Waals surface area (Å²) in [5, 5.41) is 0. The van der Waals surface area contributed by atoms with E-state index in [-0.39, 0.29) is 36.2 Å². The van der Waals surface area contributed by atoms with E-state index in [1.165, 1.54) is 23.8 Å². The topological polar surface area (TPSA) is 66.9 Å². The van der Waals surface area contributed by atoms with Crippen molar-refractivity contribution >= 4 is 23.4 Å². The van der Waals surface area contributed by atoms with Crippen LogP contribution >= 0.6 is 0 Å². The lowest BCUT2D eigenvalue weighted by Gasteiger charge is -2.27. The van der Waals surface area contributed by atoms with Gasteiger partial charge in [-0.2, -0.15) is 0 Å². The second-order valence-electron chi connectivity index (χ2n) is 6.36. The van der Waals surface area contributed by atoms with Crippen LogP contribution in [0, 0.1) is 11.8 Å². The highest BCUT2D eigenvalue weighted by atomic mass is 16.5. The van der Waals surface area contributed by atoms with Gasteiger partial charge in [0.1, 0.15) is 12.4 Å². The Hall–Kier alpha value is -2.37. The average Bonchev–Trinajstić information content (AvgIpc) is 2.84. The second kappa shape index (κ2) is 6.63. The fourth-order valence-corrected chi connectivity index (χ4v) is 3.71. The van der Waals surface area contributed by atoms with E-state index >= 15 is 0 Å². The fraction of sp³-hybridized carbons (Fsp3) is 0.500. The summed E-state index contributed by atoms with van der Waals surface area (Å²) >= 11 is 0. The Balaban J connectivity index is 1.87. The molecule has 1 aromatic rings. The average molecular weight is 330 g/mol.